The first kappa shape index (κ1) is 15.0. The monoisotopic (exact) mass is 240 g/mol. The fraction of sp³-hybridized carbons (Fsp3) is 1.00. The van der Waals surface area contributed by atoms with Crippen LogP contribution in [0.2, 0.25) is 0 Å². The van der Waals surface area contributed by atoms with Crippen molar-refractivity contribution < 1.29 is 0 Å². The van der Waals surface area contributed by atoms with E-state index in [1.54, 1.807) is 0 Å². The van der Waals surface area contributed by atoms with Crippen LogP contribution in [0.5, 0.6) is 0 Å². The van der Waals surface area contributed by atoms with E-state index in [1.807, 2.05) is 0 Å². The second-order valence-electron chi connectivity index (χ2n) is 6.89. The van der Waals surface area contributed by atoms with Crippen LogP contribution in [0.15, 0.2) is 0 Å². The van der Waals surface area contributed by atoms with Crippen molar-refractivity contribution in [1.29, 1.82) is 0 Å². The lowest BCUT2D eigenvalue weighted by Gasteiger charge is -2.36. The summed E-state index contributed by atoms with van der Waals surface area (Å²) in [6, 6.07) is 0. The van der Waals surface area contributed by atoms with Gasteiger partial charge in [-0.2, -0.15) is 0 Å². The van der Waals surface area contributed by atoms with Gasteiger partial charge in [0.05, 0.1) is 0 Å². The third-order valence-electron chi connectivity index (χ3n) is 3.90. The van der Waals surface area contributed by atoms with E-state index in [1.165, 1.54) is 45.3 Å². The van der Waals surface area contributed by atoms with Gasteiger partial charge in [-0.3, -0.25) is 0 Å². The maximum Gasteiger partial charge on any atom is 0.00503 e. The van der Waals surface area contributed by atoms with Gasteiger partial charge in [-0.05, 0) is 36.6 Å². The number of rotatable bonds is 7. The van der Waals surface area contributed by atoms with Gasteiger partial charge in [0.15, 0.2) is 0 Å². The minimum atomic E-state index is 0.434. The summed E-state index contributed by atoms with van der Waals surface area (Å²) in [5, 5.41) is 0. The second kappa shape index (κ2) is 6.75. The average Bonchev–Trinajstić information content (AvgIpc) is 2.65. The highest BCUT2D eigenvalue weighted by atomic mass is 15.1. The molecule has 0 spiro atoms. The SMILES string of the molecule is CC(C)CN(CC(C)C)CC1(CN)CCCC1. The first-order valence-electron chi connectivity index (χ1n) is 7.40. The molecule has 0 unspecified atom stereocenters. The lowest BCUT2D eigenvalue weighted by atomic mass is 9.85. The molecule has 0 aromatic heterocycles. The highest BCUT2D eigenvalue weighted by Gasteiger charge is 2.34. The first-order valence-corrected chi connectivity index (χ1v) is 7.40. The number of hydrogen-bond acceptors (Lipinski definition) is 2. The van der Waals surface area contributed by atoms with Gasteiger partial charge in [-0.25, -0.2) is 0 Å². The molecule has 102 valence electrons. The van der Waals surface area contributed by atoms with Crippen LogP contribution in [0.4, 0.5) is 0 Å². The molecular formula is C15H32N2. The Bertz CT molecular complexity index is 195. The van der Waals surface area contributed by atoms with E-state index in [-0.39, 0.29) is 0 Å². The Morgan fingerprint density at radius 3 is 1.82 bits per heavy atom. The van der Waals surface area contributed by atoms with E-state index >= 15 is 0 Å². The van der Waals surface area contributed by atoms with Crippen molar-refractivity contribution in [2.45, 2.75) is 53.4 Å². The molecule has 0 aromatic carbocycles. The molecular weight excluding hydrogens is 208 g/mol. The van der Waals surface area contributed by atoms with E-state index < -0.39 is 0 Å². The topological polar surface area (TPSA) is 29.3 Å². The number of nitrogens with two attached hydrogens (primary N) is 1. The van der Waals surface area contributed by atoms with Crippen molar-refractivity contribution in [1.82, 2.24) is 4.90 Å². The van der Waals surface area contributed by atoms with Crippen LogP contribution in [0.1, 0.15) is 53.4 Å². The largest absolute Gasteiger partial charge is 0.330 e. The summed E-state index contributed by atoms with van der Waals surface area (Å²) in [6.07, 6.45) is 5.45. The Hall–Kier alpha value is -0.0800. The Labute approximate surface area is 108 Å². The van der Waals surface area contributed by atoms with Crippen molar-refractivity contribution in [3.05, 3.63) is 0 Å². The summed E-state index contributed by atoms with van der Waals surface area (Å²) in [6.45, 7) is 13.8. The minimum absolute atomic E-state index is 0.434. The van der Waals surface area contributed by atoms with Crippen LogP contribution in [0, 0.1) is 17.3 Å². The van der Waals surface area contributed by atoms with Crippen molar-refractivity contribution >= 4 is 0 Å². The van der Waals surface area contributed by atoms with Gasteiger partial charge in [-0.15, -0.1) is 0 Å². The molecule has 0 heterocycles. The van der Waals surface area contributed by atoms with E-state index in [2.05, 4.69) is 32.6 Å². The second-order valence-corrected chi connectivity index (χ2v) is 6.89. The Morgan fingerprint density at radius 1 is 1.00 bits per heavy atom. The highest BCUT2D eigenvalue weighted by Crippen LogP contribution is 2.38. The number of nitrogens with zero attached hydrogens (tertiary/aromatic N) is 1. The zero-order valence-corrected chi connectivity index (χ0v) is 12.3. The third kappa shape index (κ3) is 4.97. The van der Waals surface area contributed by atoms with Crippen molar-refractivity contribution in [3.63, 3.8) is 0 Å². The summed E-state index contributed by atoms with van der Waals surface area (Å²) in [7, 11) is 0. The van der Waals surface area contributed by atoms with Crippen LogP contribution < -0.4 is 5.73 Å². The first-order chi connectivity index (χ1) is 7.97. The van der Waals surface area contributed by atoms with Crippen LogP contribution in [-0.4, -0.2) is 31.1 Å². The van der Waals surface area contributed by atoms with E-state index in [0.29, 0.717) is 5.41 Å². The van der Waals surface area contributed by atoms with Gasteiger partial charge in [0.1, 0.15) is 0 Å². The molecule has 0 aliphatic heterocycles. The number of hydrogen-bond donors (Lipinski definition) is 1. The highest BCUT2D eigenvalue weighted by molar-refractivity contribution is 4.88. The van der Waals surface area contributed by atoms with E-state index in [4.69, 9.17) is 5.73 Å². The average molecular weight is 240 g/mol. The lowest BCUT2D eigenvalue weighted by molar-refractivity contribution is 0.132. The summed E-state index contributed by atoms with van der Waals surface area (Å²) in [5.74, 6) is 1.51. The minimum Gasteiger partial charge on any atom is -0.330 e. The molecule has 1 saturated carbocycles. The quantitative estimate of drug-likeness (QED) is 0.741. The fourth-order valence-corrected chi connectivity index (χ4v) is 3.26. The molecule has 0 amide bonds. The van der Waals surface area contributed by atoms with Crippen molar-refractivity contribution in [3.8, 4) is 0 Å². The molecule has 2 heteroatoms. The zero-order chi connectivity index (χ0) is 12.9. The smallest absolute Gasteiger partial charge is 0.00503 e. The Morgan fingerprint density at radius 2 is 1.47 bits per heavy atom. The fourth-order valence-electron chi connectivity index (χ4n) is 3.26. The molecule has 1 rings (SSSR count). The molecule has 17 heavy (non-hydrogen) atoms. The maximum absolute atomic E-state index is 6.05. The predicted octanol–water partition coefficient (Wildman–Crippen LogP) is 3.12. The standard InChI is InChI=1S/C15H32N2/c1-13(2)9-17(10-14(3)4)12-15(11-16)7-5-6-8-15/h13-14H,5-12,16H2,1-4H3. The van der Waals surface area contributed by atoms with Gasteiger partial charge >= 0.3 is 0 Å². The molecule has 2 nitrogen and oxygen atoms in total. The maximum atomic E-state index is 6.05. The van der Waals surface area contributed by atoms with Gasteiger partial charge in [0, 0.05) is 19.6 Å². The van der Waals surface area contributed by atoms with Gasteiger partial charge in [-0.1, -0.05) is 40.5 Å². The Balaban J connectivity index is 2.56. The molecule has 1 aliphatic rings. The van der Waals surface area contributed by atoms with Crippen LogP contribution in [0.3, 0.4) is 0 Å². The third-order valence-corrected chi connectivity index (χ3v) is 3.90. The molecule has 2 N–H and O–H groups in total. The molecule has 0 saturated heterocycles. The van der Waals surface area contributed by atoms with E-state index in [0.717, 1.165) is 18.4 Å². The Kier molecular flexibility index (Phi) is 5.94. The van der Waals surface area contributed by atoms with Crippen LogP contribution >= 0.6 is 0 Å². The lowest BCUT2D eigenvalue weighted by Crippen LogP contribution is -2.43. The van der Waals surface area contributed by atoms with Crippen LogP contribution in [-0.2, 0) is 0 Å². The molecule has 1 fully saturated rings. The van der Waals surface area contributed by atoms with Crippen molar-refractivity contribution in [2.75, 3.05) is 26.2 Å². The summed E-state index contributed by atoms with van der Waals surface area (Å²) >= 11 is 0. The van der Waals surface area contributed by atoms with Gasteiger partial charge in [0.25, 0.3) is 0 Å². The molecule has 1 aliphatic carbocycles. The van der Waals surface area contributed by atoms with E-state index in [9.17, 15) is 0 Å². The summed E-state index contributed by atoms with van der Waals surface area (Å²) < 4.78 is 0. The predicted molar refractivity (Wildman–Crippen MR) is 76.1 cm³/mol. The summed E-state index contributed by atoms with van der Waals surface area (Å²) in [4.78, 5) is 2.66. The zero-order valence-electron chi connectivity index (χ0n) is 12.3. The molecule has 0 aromatic rings. The van der Waals surface area contributed by atoms with Gasteiger partial charge in [0.2, 0.25) is 0 Å². The van der Waals surface area contributed by atoms with Gasteiger partial charge < -0.3 is 10.6 Å². The normalized spacial score (nSPS) is 19.8. The summed E-state index contributed by atoms with van der Waals surface area (Å²) in [5.41, 5.74) is 6.49. The van der Waals surface area contributed by atoms with Crippen molar-refractivity contribution in [2.24, 2.45) is 23.0 Å². The van der Waals surface area contributed by atoms with Crippen LogP contribution in [0.25, 0.3) is 0 Å². The molecule has 0 atom stereocenters. The molecule has 0 bridgehead atoms. The molecule has 0 radical (unpaired) electrons.